The molecular formula is C13H22ClNO2. The number of nitrogens with one attached hydrogen (secondary N) is 1. The lowest BCUT2D eigenvalue weighted by Gasteiger charge is -2.54. The number of rotatable bonds is 4. The molecule has 2 bridgehead atoms. The highest BCUT2D eigenvalue weighted by molar-refractivity contribution is 6.13. The molecule has 4 heteroatoms. The van der Waals surface area contributed by atoms with Gasteiger partial charge in [0.15, 0.2) is 0 Å². The van der Waals surface area contributed by atoms with Gasteiger partial charge in [-0.25, -0.2) is 4.84 Å². The summed E-state index contributed by atoms with van der Waals surface area (Å²) in [6.45, 7) is 4.52. The lowest BCUT2D eigenvalue weighted by molar-refractivity contribution is -0.166. The third-order valence-corrected chi connectivity index (χ3v) is 5.42. The molecule has 1 atom stereocenters. The average Bonchev–Trinajstić information content (AvgIpc) is 2.40. The highest BCUT2D eigenvalue weighted by Gasteiger charge is 2.54. The minimum atomic E-state index is -0.177. The molecule has 0 aromatic carbocycles. The van der Waals surface area contributed by atoms with E-state index in [9.17, 15) is 4.79 Å². The fourth-order valence-corrected chi connectivity index (χ4v) is 3.80. The summed E-state index contributed by atoms with van der Waals surface area (Å²) in [7, 11) is 0. The number of halogens is 1. The van der Waals surface area contributed by atoms with Gasteiger partial charge in [-0.1, -0.05) is 0 Å². The second kappa shape index (κ2) is 4.77. The molecule has 3 aliphatic rings. The number of fused-ring (bicyclic) bond motifs is 3. The van der Waals surface area contributed by atoms with Crippen LogP contribution >= 0.6 is 11.8 Å². The zero-order valence-corrected chi connectivity index (χ0v) is 11.5. The Bertz CT molecular complexity index is 281. The molecule has 1 N–H and O–H groups in total. The van der Waals surface area contributed by atoms with Crippen LogP contribution in [0.5, 0.6) is 0 Å². The largest absolute Gasteiger partial charge is 0.466 e. The molecule has 3 saturated carbocycles. The molecule has 0 aromatic heterocycles. The normalized spacial score (nSPS) is 37.8. The van der Waals surface area contributed by atoms with Crippen molar-refractivity contribution in [3.63, 3.8) is 0 Å². The SMILES string of the molecule is CCOC(=O)C12CCC(C(C)NCl)(CC1)CC2. The molecule has 0 spiro atoms. The molecular weight excluding hydrogens is 238 g/mol. The van der Waals surface area contributed by atoms with E-state index < -0.39 is 0 Å². The Morgan fingerprint density at radius 3 is 2.24 bits per heavy atom. The first-order chi connectivity index (χ1) is 8.08. The predicted molar refractivity (Wildman–Crippen MR) is 67.7 cm³/mol. The molecule has 3 fully saturated rings. The molecule has 3 nitrogen and oxygen atoms in total. The molecule has 0 radical (unpaired) electrons. The van der Waals surface area contributed by atoms with Gasteiger partial charge in [0.2, 0.25) is 0 Å². The molecule has 3 rings (SSSR count). The van der Waals surface area contributed by atoms with Crippen LogP contribution in [-0.4, -0.2) is 18.6 Å². The van der Waals surface area contributed by atoms with Gasteiger partial charge in [0.05, 0.1) is 12.0 Å². The molecule has 0 amide bonds. The van der Waals surface area contributed by atoms with Crippen LogP contribution < -0.4 is 4.84 Å². The van der Waals surface area contributed by atoms with Crippen molar-refractivity contribution in [2.45, 2.75) is 58.4 Å². The highest BCUT2D eigenvalue weighted by atomic mass is 35.5. The molecule has 0 heterocycles. The highest BCUT2D eigenvalue weighted by Crippen LogP contribution is 2.58. The molecule has 17 heavy (non-hydrogen) atoms. The fraction of sp³-hybridized carbons (Fsp3) is 0.923. The quantitative estimate of drug-likeness (QED) is 0.623. The third-order valence-electron chi connectivity index (χ3n) is 5.09. The standard InChI is InChI=1S/C13H22ClNO2/c1-3-17-11(16)13-7-4-12(5-8-13,6-9-13)10(2)15-14/h10,15H,3-9H2,1-2H3. The van der Waals surface area contributed by atoms with Gasteiger partial charge in [-0.2, -0.15) is 0 Å². The first kappa shape index (κ1) is 13.2. The van der Waals surface area contributed by atoms with Crippen molar-refractivity contribution >= 4 is 17.7 Å². The van der Waals surface area contributed by atoms with Crippen LogP contribution in [0.1, 0.15) is 52.4 Å². The van der Waals surface area contributed by atoms with Gasteiger partial charge in [-0.05, 0) is 69.6 Å². The maximum atomic E-state index is 12.1. The Kier molecular flexibility index (Phi) is 3.69. The molecule has 0 saturated heterocycles. The summed E-state index contributed by atoms with van der Waals surface area (Å²) in [6.07, 6.45) is 6.17. The van der Waals surface area contributed by atoms with Crippen LogP contribution in [-0.2, 0) is 9.53 Å². The lowest BCUT2D eigenvalue weighted by Crippen LogP contribution is -2.52. The summed E-state index contributed by atoms with van der Waals surface area (Å²) in [5.41, 5.74) is 0.125. The van der Waals surface area contributed by atoms with Gasteiger partial charge >= 0.3 is 5.97 Å². The summed E-state index contributed by atoms with van der Waals surface area (Å²) in [6, 6.07) is 0.324. The Balaban J connectivity index is 2.07. The Hall–Kier alpha value is -0.280. The summed E-state index contributed by atoms with van der Waals surface area (Å²) in [5, 5.41) is 0. The van der Waals surface area contributed by atoms with Gasteiger partial charge < -0.3 is 4.74 Å². The van der Waals surface area contributed by atoms with Gasteiger partial charge in [-0.15, -0.1) is 0 Å². The zero-order valence-electron chi connectivity index (χ0n) is 10.7. The second-order valence-electron chi connectivity index (χ2n) is 5.69. The van der Waals surface area contributed by atoms with Crippen molar-refractivity contribution in [1.29, 1.82) is 0 Å². The van der Waals surface area contributed by atoms with Crippen LogP contribution in [0.15, 0.2) is 0 Å². The number of hydrogen-bond donors (Lipinski definition) is 1. The molecule has 1 unspecified atom stereocenters. The van der Waals surface area contributed by atoms with E-state index in [2.05, 4.69) is 11.8 Å². The van der Waals surface area contributed by atoms with Gasteiger partial charge in [0.1, 0.15) is 0 Å². The van der Waals surface area contributed by atoms with Crippen LogP contribution in [0.2, 0.25) is 0 Å². The Labute approximate surface area is 108 Å². The van der Waals surface area contributed by atoms with Crippen LogP contribution in [0.4, 0.5) is 0 Å². The lowest BCUT2D eigenvalue weighted by atomic mass is 9.52. The van der Waals surface area contributed by atoms with E-state index in [1.165, 1.54) is 0 Å². The van der Waals surface area contributed by atoms with Gasteiger partial charge in [0, 0.05) is 6.04 Å². The van der Waals surface area contributed by atoms with E-state index in [1.54, 1.807) is 0 Å². The number of ether oxygens (including phenoxy) is 1. The molecule has 0 aliphatic heterocycles. The van der Waals surface area contributed by atoms with E-state index in [0.717, 1.165) is 38.5 Å². The van der Waals surface area contributed by atoms with Crippen LogP contribution in [0.25, 0.3) is 0 Å². The fourth-order valence-electron chi connectivity index (χ4n) is 3.57. The predicted octanol–water partition coefficient (Wildman–Crippen LogP) is 3.02. The maximum absolute atomic E-state index is 12.1. The van der Waals surface area contributed by atoms with E-state index in [-0.39, 0.29) is 11.4 Å². The van der Waals surface area contributed by atoms with Crippen molar-refractivity contribution in [2.75, 3.05) is 6.61 Å². The van der Waals surface area contributed by atoms with E-state index in [1.807, 2.05) is 6.92 Å². The van der Waals surface area contributed by atoms with E-state index >= 15 is 0 Å². The molecule has 0 aromatic rings. The van der Waals surface area contributed by atoms with Crippen molar-refractivity contribution in [1.82, 2.24) is 4.84 Å². The Morgan fingerprint density at radius 2 is 1.82 bits per heavy atom. The third kappa shape index (κ3) is 2.08. The molecule has 3 aliphatic carbocycles. The maximum Gasteiger partial charge on any atom is 0.312 e. The van der Waals surface area contributed by atoms with Crippen molar-refractivity contribution in [3.05, 3.63) is 0 Å². The smallest absolute Gasteiger partial charge is 0.312 e. The van der Waals surface area contributed by atoms with E-state index in [4.69, 9.17) is 16.5 Å². The number of esters is 1. The average molecular weight is 260 g/mol. The van der Waals surface area contributed by atoms with Crippen LogP contribution in [0.3, 0.4) is 0 Å². The number of carbonyl (C=O) groups excluding carboxylic acids is 1. The first-order valence-corrected chi connectivity index (χ1v) is 7.00. The number of carbonyl (C=O) groups is 1. The van der Waals surface area contributed by atoms with Gasteiger partial charge in [-0.3, -0.25) is 4.79 Å². The first-order valence-electron chi connectivity index (χ1n) is 6.62. The minimum absolute atomic E-state index is 0.0276. The molecule has 98 valence electrons. The number of hydrogen-bond acceptors (Lipinski definition) is 3. The summed E-state index contributed by atoms with van der Waals surface area (Å²) in [4.78, 5) is 14.9. The minimum Gasteiger partial charge on any atom is -0.466 e. The summed E-state index contributed by atoms with van der Waals surface area (Å²) in [5.74, 6) is 0.0276. The van der Waals surface area contributed by atoms with Crippen LogP contribution in [0, 0.1) is 10.8 Å². The monoisotopic (exact) mass is 259 g/mol. The van der Waals surface area contributed by atoms with Gasteiger partial charge in [0.25, 0.3) is 0 Å². The van der Waals surface area contributed by atoms with Crippen molar-refractivity contribution in [2.24, 2.45) is 10.8 Å². The van der Waals surface area contributed by atoms with Crippen molar-refractivity contribution < 1.29 is 9.53 Å². The topological polar surface area (TPSA) is 38.3 Å². The Morgan fingerprint density at radius 1 is 1.29 bits per heavy atom. The summed E-state index contributed by atoms with van der Waals surface area (Å²) < 4.78 is 5.24. The van der Waals surface area contributed by atoms with E-state index in [0.29, 0.717) is 18.1 Å². The zero-order chi connectivity index (χ0) is 12.5. The summed E-state index contributed by atoms with van der Waals surface area (Å²) >= 11 is 5.78. The van der Waals surface area contributed by atoms with Crippen molar-refractivity contribution in [3.8, 4) is 0 Å². The second-order valence-corrected chi connectivity index (χ2v) is 5.91.